The summed E-state index contributed by atoms with van der Waals surface area (Å²) in [7, 11) is 1.75. The molecule has 4 atom stereocenters. The monoisotopic (exact) mass is 642 g/mol. The Morgan fingerprint density at radius 3 is 2.48 bits per heavy atom. The molecule has 2 N–H and O–H groups in total. The van der Waals surface area contributed by atoms with Crippen LogP contribution in [0.1, 0.15) is 82.5 Å². The number of carbonyl (C=O) groups is 2. The molecule has 1 aliphatic heterocycles. The zero-order chi connectivity index (χ0) is 32.8. The maximum absolute atomic E-state index is 17.0. The first-order chi connectivity index (χ1) is 22.0. The van der Waals surface area contributed by atoms with Crippen molar-refractivity contribution in [2.24, 2.45) is 7.05 Å². The fourth-order valence-corrected chi connectivity index (χ4v) is 6.78. The molecule has 1 saturated carbocycles. The van der Waals surface area contributed by atoms with Crippen molar-refractivity contribution in [2.45, 2.75) is 56.1 Å². The van der Waals surface area contributed by atoms with Crippen molar-refractivity contribution in [1.82, 2.24) is 14.5 Å². The Morgan fingerprint density at radius 1 is 1.20 bits per heavy atom. The largest absolute Gasteiger partial charge is 0.394 e. The zero-order valence-electron chi connectivity index (χ0n) is 25.3. The number of hydrogen-bond acceptors (Lipinski definition) is 7. The van der Waals surface area contributed by atoms with E-state index in [1.165, 1.54) is 23.4 Å². The molecule has 1 aromatic heterocycles. The minimum Gasteiger partial charge on any atom is -0.394 e. The van der Waals surface area contributed by atoms with Gasteiger partial charge in [-0.15, -0.1) is 0 Å². The highest BCUT2D eigenvalue weighted by Gasteiger charge is 2.58. The molecule has 9 nitrogen and oxygen atoms in total. The number of halogens is 2. The van der Waals surface area contributed by atoms with Gasteiger partial charge in [0.1, 0.15) is 17.2 Å². The summed E-state index contributed by atoms with van der Waals surface area (Å²) in [6, 6.07) is 16.5. The van der Waals surface area contributed by atoms with Gasteiger partial charge in [-0.2, -0.15) is 5.26 Å². The Bertz CT molecular complexity index is 1850. The van der Waals surface area contributed by atoms with Gasteiger partial charge >= 0.3 is 0 Å². The maximum atomic E-state index is 17.0. The Balaban J connectivity index is 1.63. The topological polar surface area (TPSA) is 129 Å². The van der Waals surface area contributed by atoms with Crippen LogP contribution in [0.3, 0.4) is 0 Å². The zero-order valence-corrected chi connectivity index (χ0v) is 26.0. The number of aromatic nitrogens is 2. The standard InChI is InChI=1S/C35H32ClFN4O5/c1-3-34(45,31-18-40(2)20-39-31)24-14-28-32(29(37)15-24)35(23-8-10-25(36)11-9-23,46-27-13-12-26(43)16-27)41(33(28)44)30(19-42)22-6-4-21(17-38)5-7-22/h4-11,14-15,18,20,27,30,42,45H,3,12-13,16,19H2,1-2H3/t27-,30-,34-,35+/m0/s1. The van der Waals surface area contributed by atoms with Crippen molar-refractivity contribution in [3.05, 3.63) is 123 Å². The summed E-state index contributed by atoms with van der Waals surface area (Å²) in [5.74, 6) is -1.49. The van der Waals surface area contributed by atoms with E-state index in [0.29, 0.717) is 28.1 Å². The van der Waals surface area contributed by atoms with Gasteiger partial charge in [-0.1, -0.05) is 42.8 Å². The molecule has 11 heteroatoms. The van der Waals surface area contributed by atoms with Gasteiger partial charge in [-0.05, 0) is 60.4 Å². The lowest BCUT2D eigenvalue weighted by Gasteiger charge is -2.44. The van der Waals surface area contributed by atoms with Crippen LogP contribution in [-0.4, -0.2) is 49.1 Å². The van der Waals surface area contributed by atoms with Gasteiger partial charge in [0.2, 0.25) is 5.72 Å². The third kappa shape index (κ3) is 5.10. The number of hydrogen-bond donors (Lipinski definition) is 2. The van der Waals surface area contributed by atoms with E-state index in [9.17, 15) is 25.1 Å². The molecule has 1 amide bonds. The first-order valence-corrected chi connectivity index (χ1v) is 15.4. The van der Waals surface area contributed by atoms with Gasteiger partial charge in [0.15, 0.2) is 0 Å². The van der Waals surface area contributed by atoms with Crippen molar-refractivity contribution in [2.75, 3.05) is 6.61 Å². The van der Waals surface area contributed by atoms with E-state index >= 15 is 4.39 Å². The summed E-state index contributed by atoms with van der Waals surface area (Å²) in [6.45, 7) is 1.16. The second-order valence-electron chi connectivity index (χ2n) is 11.8. The van der Waals surface area contributed by atoms with Crippen LogP contribution in [0.25, 0.3) is 0 Å². The predicted octanol–water partition coefficient (Wildman–Crippen LogP) is 5.26. The molecule has 0 unspecified atom stereocenters. The summed E-state index contributed by atoms with van der Waals surface area (Å²) < 4.78 is 25.4. The molecule has 0 saturated heterocycles. The van der Waals surface area contributed by atoms with Crippen molar-refractivity contribution in [3.63, 3.8) is 0 Å². The number of benzene rings is 3. The summed E-state index contributed by atoms with van der Waals surface area (Å²) in [6.07, 6.45) is 3.34. The van der Waals surface area contributed by atoms with Gasteiger partial charge in [0.25, 0.3) is 5.91 Å². The number of carbonyl (C=O) groups excluding carboxylic acids is 2. The highest BCUT2D eigenvalue weighted by molar-refractivity contribution is 6.30. The Hall–Kier alpha value is -4.40. The predicted molar refractivity (Wildman–Crippen MR) is 166 cm³/mol. The first kappa shape index (κ1) is 31.6. The van der Waals surface area contributed by atoms with E-state index in [4.69, 9.17) is 16.3 Å². The first-order valence-electron chi connectivity index (χ1n) is 15.0. The lowest BCUT2D eigenvalue weighted by molar-refractivity contribution is -0.161. The molecule has 3 aromatic carbocycles. The van der Waals surface area contributed by atoms with Crippen molar-refractivity contribution in [3.8, 4) is 6.07 Å². The van der Waals surface area contributed by atoms with E-state index in [2.05, 4.69) is 11.1 Å². The smallest absolute Gasteiger partial charge is 0.257 e. The number of aliphatic hydroxyl groups excluding tert-OH is 1. The second-order valence-corrected chi connectivity index (χ2v) is 12.2. The molecule has 0 spiro atoms. The molecular formula is C35H32ClFN4O5. The number of rotatable bonds is 9. The third-order valence-corrected chi connectivity index (χ3v) is 9.27. The van der Waals surface area contributed by atoms with Crippen LogP contribution >= 0.6 is 11.6 Å². The molecule has 4 aromatic rings. The van der Waals surface area contributed by atoms with E-state index in [-0.39, 0.29) is 47.4 Å². The van der Waals surface area contributed by atoms with Crippen LogP contribution in [0, 0.1) is 17.1 Å². The number of amides is 1. The number of ether oxygens (including phenoxy) is 1. The number of Topliss-reactive ketones (excluding diaryl/α,β-unsaturated/α-hetero) is 1. The third-order valence-electron chi connectivity index (χ3n) is 9.02. The van der Waals surface area contributed by atoms with Crippen molar-refractivity contribution in [1.29, 1.82) is 5.26 Å². The number of imidazole rings is 1. The van der Waals surface area contributed by atoms with Gasteiger partial charge in [-0.3, -0.25) is 14.5 Å². The van der Waals surface area contributed by atoms with Gasteiger partial charge in [-0.25, -0.2) is 9.37 Å². The van der Waals surface area contributed by atoms with Crippen LogP contribution in [0.4, 0.5) is 4.39 Å². The minimum absolute atomic E-state index is 0.0163. The highest BCUT2D eigenvalue weighted by atomic mass is 35.5. The molecule has 0 bridgehead atoms. The van der Waals surface area contributed by atoms with E-state index in [1.54, 1.807) is 73.3 Å². The maximum Gasteiger partial charge on any atom is 0.257 e. The number of nitrogens with zero attached hydrogens (tertiary/aromatic N) is 4. The molecular weight excluding hydrogens is 611 g/mol. The summed E-state index contributed by atoms with van der Waals surface area (Å²) >= 11 is 6.27. The average molecular weight is 643 g/mol. The molecule has 1 aliphatic carbocycles. The Morgan fingerprint density at radius 2 is 1.91 bits per heavy atom. The fraction of sp³-hybridized carbons (Fsp3) is 0.314. The summed E-state index contributed by atoms with van der Waals surface area (Å²) in [5.41, 5.74) is -2.20. The molecule has 236 valence electrons. The normalized spacial score (nSPS) is 21.2. The Labute approximate surface area is 270 Å². The van der Waals surface area contributed by atoms with Crippen molar-refractivity contribution >= 4 is 23.3 Å². The molecule has 46 heavy (non-hydrogen) atoms. The van der Waals surface area contributed by atoms with Gasteiger partial charge < -0.3 is 19.5 Å². The quantitative estimate of drug-likeness (QED) is 0.255. The van der Waals surface area contributed by atoms with Gasteiger partial charge in [0, 0.05) is 36.7 Å². The highest BCUT2D eigenvalue weighted by Crippen LogP contribution is 2.53. The lowest BCUT2D eigenvalue weighted by Crippen LogP contribution is -2.51. The van der Waals surface area contributed by atoms with Crippen LogP contribution < -0.4 is 0 Å². The second kappa shape index (κ2) is 12.1. The SMILES string of the molecule is CC[C@](O)(c1cc(F)c2c(c1)C(=O)N([C@@H](CO)c1ccc(C#N)cc1)[C@@]2(O[C@H]1CCC(=O)C1)c1ccc(Cl)cc1)c1cn(C)cn1. The van der Waals surface area contributed by atoms with E-state index < -0.39 is 41.8 Å². The van der Waals surface area contributed by atoms with Crippen molar-refractivity contribution < 1.29 is 28.9 Å². The summed E-state index contributed by atoms with van der Waals surface area (Å²) in [5, 5.41) is 32.5. The number of aliphatic hydroxyl groups is 2. The summed E-state index contributed by atoms with van der Waals surface area (Å²) in [4.78, 5) is 32.8. The molecule has 6 rings (SSSR count). The number of nitriles is 1. The molecule has 2 heterocycles. The fourth-order valence-electron chi connectivity index (χ4n) is 6.65. The molecule has 1 fully saturated rings. The molecule has 2 aliphatic rings. The number of fused-ring (bicyclic) bond motifs is 1. The molecule has 0 radical (unpaired) electrons. The van der Waals surface area contributed by atoms with Crippen LogP contribution in [0.15, 0.2) is 73.2 Å². The Kier molecular flexibility index (Phi) is 8.29. The van der Waals surface area contributed by atoms with Gasteiger partial charge in [0.05, 0.1) is 53.5 Å². The van der Waals surface area contributed by atoms with Crippen LogP contribution in [0.5, 0.6) is 0 Å². The average Bonchev–Trinajstić information content (AvgIpc) is 3.75. The van der Waals surface area contributed by atoms with E-state index in [1.807, 2.05) is 0 Å². The number of aryl methyl sites for hydroxylation is 1. The number of ketones is 1. The minimum atomic E-state index is -1.94. The van der Waals surface area contributed by atoms with Crippen LogP contribution in [0.2, 0.25) is 5.02 Å². The van der Waals surface area contributed by atoms with E-state index in [0.717, 1.165) is 0 Å². The lowest BCUT2D eigenvalue weighted by atomic mass is 9.84. The van der Waals surface area contributed by atoms with Crippen LogP contribution in [-0.2, 0) is 27.9 Å².